The molecule has 2 rings (SSSR count). The topological polar surface area (TPSA) is 46.5 Å². The number of halogens is 3. The van der Waals surface area contributed by atoms with Gasteiger partial charge in [-0.15, -0.1) is 0 Å². The van der Waals surface area contributed by atoms with Crippen molar-refractivity contribution < 1.29 is 13.2 Å². The molecule has 0 saturated carbocycles. The van der Waals surface area contributed by atoms with E-state index in [0.717, 1.165) is 0 Å². The number of hydrogen-bond acceptors (Lipinski definition) is 4. The molecule has 0 atom stereocenters. The first-order valence-corrected chi connectivity index (χ1v) is 6.63. The van der Waals surface area contributed by atoms with Gasteiger partial charge in [0.15, 0.2) is 10.6 Å². The third-order valence-electron chi connectivity index (χ3n) is 2.26. The van der Waals surface area contributed by atoms with Crippen molar-refractivity contribution in [3.8, 4) is 11.4 Å². The molecule has 19 heavy (non-hydrogen) atoms. The zero-order chi connectivity index (χ0) is 13.9. The fraction of sp³-hybridized carbons (Fsp3) is 0.300. The van der Waals surface area contributed by atoms with E-state index in [1.165, 1.54) is 4.57 Å². The minimum absolute atomic E-state index is 0.0800. The van der Waals surface area contributed by atoms with Gasteiger partial charge in [0.25, 0.3) is 0 Å². The lowest BCUT2D eigenvalue weighted by Crippen LogP contribution is -2.08. The standard InChI is InChI=1S/C10H9F3N4S2/c11-10(12,13)19-5-4-17-8(15-16-9(17)18)7-2-1-3-14-6-7/h1-3,6H,4-5H2,(H,16,18). The highest BCUT2D eigenvalue weighted by Gasteiger charge is 2.27. The highest BCUT2D eigenvalue weighted by atomic mass is 32.2. The minimum Gasteiger partial charge on any atom is -0.299 e. The van der Waals surface area contributed by atoms with Crippen LogP contribution in [0.25, 0.3) is 11.4 Å². The zero-order valence-corrected chi connectivity index (χ0v) is 11.1. The number of alkyl halides is 3. The van der Waals surface area contributed by atoms with Gasteiger partial charge in [-0.2, -0.15) is 18.3 Å². The summed E-state index contributed by atoms with van der Waals surface area (Å²) in [7, 11) is 0. The number of thioether (sulfide) groups is 1. The highest BCUT2D eigenvalue weighted by molar-refractivity contribution is 8.00. The predicted octanol–water partition coefficient (Wildman–Crippen LogP) is 3.26. The first-order chi connectivity index (χ1) is 8.97. The lowest BCUT2D eigenvalue weighted by atomic mass is 10.3. The van der Waals surface area contributed by atoms with E-state index >= 15 is 0 Å². The number of aromatic nitrogens is 4. The van der Waals surface area contributed by atoms with E-state index in [-0.39, 0.29) is 24.1 Å². The predicted molar refractivity (Wildman–Crippen MR) is 69.2 cm³/mol. The van der Waals surface area contributed by atoms with Gasteiger partial charge in [0.05, 0.1) is 0 Å². The number of aromatic amines is 1. The maximum absolute atomic E-state index is 12.1. The van der Waals surface area contributed by atoms with Gasteiger partial charge in [0.2, 0.25) is 0 Å². The van der Waals surface area contributed by atoms with Crippen LogP contribution >= 0.6 is 24.0 Å². The van der Waals surface area contributed by atoms with Crippen molar-refractivity contribution in [2.24, 2.45) is 0 Å². The van der Waals surface area contributed by atoms with Crippen LogP contribution in [0, 0.1) is 4.77 Å². The van der Waals surface area contributed by atoms with E-state index < -0.39 is 5.51 Å². The van der Waals surface area contributed by atoms with Crippen LogP contribution in [0.1, 0.15) is 0 Å². The molecule has 4 nitrogen and oxygen atoms in total. The molecule has 0 aromatic carbocycles. The summed E-state index contributed by atoms with van der Waals surface area (Å²) in [6.07, 6.45) is 3.19. The maximum Gasteiger partial charge on any atom is 0.441 e. The number of nitrogens with one attached hydrogen (secondary N) is 1. The van der Waals surface area contributed by atoms with Gasteiger partial charge in [-0.05, 0) is 36.1 Å². The summed E-state index contributed by atoms with van der Waals surface area (Å²) in [6.45, 7) is 0.129. The third-order valence-corrected chi connectivity index (χ3v) is 3.28. The van der Waals surface area contributed by atoms with Crippen LogP contribution in [0.4, 0.5) is 13.2 Å². The largest absolute Gasteiger partial charge is 0.441 e. The summed E-state index contributed by atoms with van der Waals surface area (Å²) in [5.41, 5.74) is -3.53. The Morgan fingerprint density at radius 3 is 2.84 bits per heavy atom. The molecule has 2 aromatic heterocycles. The van der Waals surface area contributed by atoms with E-state index in [9.17, 15) is 13.2 Å². The fourth-order valence-corrected chi connectivity index (χ4v) is 2.22. The Balaban J connectivity index is 2.17. The lowest BCUT2D eigenvalue weighted by molar-refractivity contribution is -0.0328. The Bertz CT molecular complexity index is 591. The molecule has 0 saturated heterocycles. The van der Waals surface area contributed by atoms with Gasteiger partial charge in [-0.1, -0.05) is 0 Å². The van der Waals surface area contributed by atoms with Gasteiger partial charge < -0.3 is 0 Å². The lowest BCUT2D eigenvalue weighted by Gasteiger charge is -2.08. The van der Waals surface area contributed by atoms with Gasteiger partial charge in [-0.3, -0.25) is 14.6 Å². The molecule has 2 aromatic rings. The molecule has 2 heterocycles. The SMILES string of the molecule is FC(F)(F)SCCn1c(-c2cccnc2)n[nH]c1=S. The second-order valence-corrected chi connectivity index (χ2v) is 5.09. The number of H-pyrrole nitrogens is 1. The van der Waals surface area contributed by atoms with Gasteiger partial charge in [0, 0.05) is 30.3 Å². The molecule has 0 aliphatic carbocycles. The average Bonchev–Trinajstić information content (AvgIpc) is 2.71. The monoisotopic (exact) mass is 306 g/mol. The van der Waals surface area contributed by atoms with E-state index in [1.54, 1.807) is 24.5 Å². The fourth-order valence-electron chi connectivity index (χ4n) is 1.49. The number of pyridine rings is 1. The van der Waals surface area contributed by atoms with Gasteiger partial charge >= 0.3 is 5.51 Å². The Kier molecular flexibility index (Phi) is 4.25. The summed E-state index contributed by atoms with van der Waals surface area (Å²) in [4.78, 5) is 3.94. The summed E-state index contributed by atoms with van der Waals surface area (Å²) < 4.78 is 38.1. The molecular weight excluding hydrogens is 297 g/mol. The van der Waals surface area contributed by atoms with Crippen molar-refractivity contribution in [1.29, 1.82) is 0 Å². The van der Waals surface area contributed by atoms with Crippen LogP contribution in [0.3, 0.4) is 0 Å². The first kappa shape index (κ1) is 14.1. The summed E-state index contributed by atoms with van der Waals surface area (Å²) in [6, 6.07) is 3.49. The quantitative estimate of drug-likeness (QED) is 0.881. The number of nitrogens with zero attached hydrogens (tertiary/aromatic N) is 3. The molecular formula is C10H9F3N4S2. The molecule has 102 valence electrons. The second kappa shape index (κ2) is 5.74. The Morgan fingerprint density at radius 1 is 1.42 bits per heavy atom. The van der Waals surface area contributed by atoms with E-state index in [2.05, 4.69) is 15.2 Å². The molecule has 0 unspecified atom stereocenters. The van der Waals surface area contributed by atoms with E-state index in [1.807, 2.05) is 0 Å². The molecule has 0 aliphatic heterocycles. The molecule has 0 amide bonds. The van der Waals surface area contributed by atoms with E-state index in [4.69, 9.17) is 12.2 Å². The molecule has 0 fully saturated rings. The molecule has 0 bridgehead atoms. The van der Waals surface area contributed by atoms with Crippen molar-refractivity contribution in [3.63, 3.8) is 0 Å². The zero-order valence-electron chi connectivity index (χ0n) is 9.52. The van der Waals surface area contributed by atoms with Crippen LogP contribution in [-0.4, -0.2) is 31.0 Å². The third kappa shape index (κ3) is 3.80. The van der Waals surface area contributed by atoms with Gasteiger partial charge in [0.1, 0.15) is 0 Å². The summed E-state index contributed by atoms with van der Waals surface area (Å²) in [5, 5.41) is 6.60. The number of hydrogen-bond donors (Lipinski definition) is 1. The molecule has 9 heteroatoms. The Labute approximate surface area is 116 Å². The van der Waals surface area contributed by atoms with Crippen molar-refractivity contribution in [2.75, 3.05) is 5.75 Å². The van der Waals surface area contributed by atoms with Crippen LogP contribution in [-0.2, 0) is 6.54 Å². The van der Waals surface area contributed by atoms with Crippen molar-refractivity contribution >= 4 is 24.0 Å². The van der Waals surface area contributed by atoms with Crippen LogP contribution in [0.5, 0.6) is 0 Å². The molecule has 0 aliphatic rings. The van der Waals surface area contributed by atoms with Crippen molar-refractivity contribution in [2.45, 2.75) is 12.1 Å². The average molecular weight is 306 g/mol. The van der Waals surface area contributed by atoms with Crippen LogP contribution in [0.15, 0.2) is 24.5 Å². The second-order valence-electron chi connectivity index (χ2n) is 3.54. The van der Waals surface area contributed by atoms with Crippen molar-refractivity contribution in [1.82, 2.24) is 19.7 Å². The summed E-state index contributed by atoms with van der Waals surface area (Å²) in [5.74, 6) is 0.366. The Hall–Kier alpha value is -1.35. The highest BCUT2D eigenvalue weighted by Crippen LogP contribution is 2.30. The molecule has 0 spiro atoms. The first-order valence-electron chi connectivity index (χ1n) is 5.23. The van der Waals surface area contributed by atoms with Crippen molar-refractivity contribution in [3.05, 3.63) is 29.3 Å². The van der Waals surface area contributed by atoms with E-state index in [0.29, 0.717) is 16.2 Å². The Morgan fingerprint density at radius 2 is 2.21 bits per heavy atom. The number of rotatable bonds is 4. The minimum atomic E-state index is -4.24. The molecule has 1 N–H and O–H groups in total. The molecule has 0 radical (unpaired) electrons. The van der Waals surface area contributed by atoms with Crippen LogP contribution in [0.2, 0.25) is 0 Å². The van der Waals surface area contributed by atoms with Crippen LogP contribution < -0.4 is 0 Å². The van der Waals surface area contributed by atoms with Gasteiger partial charge in [-0.25, -0.2) is 0 Å². The normalized spacial score (nSPS) is 11.7. The maximum atomic E-state index is 12.1. The summed E-state index contributed by atoms with van der Waals surface area (Å²) >= 11 is 4.93. The smallest absolute Gasteiger partial charge is 0.299 e.